The largest absolute Gasteiger partial charge is 0.416 e. The molecule has 1 aromatic carbocycles. The molecule has 0 bridgehead atoms. The fraction of sp³-hybridized carbons (Fsp3) is 0.538. The molecule has 1 aromatic rings. The van der Waals surface area contributed by atoms with Gasteiger partial charge in [0.25, 0.3) is 0 Å². The normalized spacial score (nSPS) is 31.5. The number of alkyl halides is 3. The van der Waals surface area contributed by atoms with Crippen LogP contribution in [0.15, 0.2) is 24.3 Å². The van der Waals surface area contributed by atoms with Crippen molar-refractivity contribution in [3.05, 3.63) is 29.8 Å². The van der Waals surface area contributed by atoms with Crippen molar-refractivity contribution in [1.82, 2.24) is 0 Å². The van der Waals surface area contributed by atoms with Gasteiger partial charge in [-0.1, -0.05) is 0 Å². The van der Waals surface area contributed by atoms with E-state index in [-0.39, 0.29) is 5.54 Å². The smallest absolute Gasteiger partial charge is 0.366 e. The lowest BCUT2D eigenvalue weighted by Crippen LogP contribution is -2.31. The Morgan fingerprint density at radius 2 is 1.88 bits per heavy atom. The lowest BCUT2D eigenvalue weighted by molar-refractivity contribution is -0.137. The molecule has 0 radical (unpaired) electrons. The highest BCUT2D eigenvalue weighted by molar-refractivity contribution is 5.54. The summed E-state index contributed by atoms with van der Waals surface area (Å²) < 4.78 is 37.3. The second kappa shape index (κ2) is 3.18. The lowest BCUT2D eigenvalue weighted by atomic mass is 10.1. The monoisotopic (exact) mass is 241 g/mol. The number of piperidine rings is 1. The molecule has 1 saturated heterocycles. The lowest BCUT2D eigenvalue weighted by Gasteiger charge is -2.27. The summed E-state index contributed by atoms with van der Waals surface area (Å²) in [6.07, 6.45) is -1.90. The average Bonchev–Trinajstić information content (AvgIpc) is 2.80. The number of fused-ring (bicyclic) bond motifs is 1. The maximum atomic E-state index is 12.4. The van der Waals surface area contributed by atoms with Crippen LogP contribution < -0.4 is 4.90 Å². The van der Waals surface area contributed by atoms with Crippen LogP contribution in [-0.2, 0) is 6.18 Å². The Kier molecular flexibility index (Phi) is 2.04. The van der Waals surface area contributed by atoms with Gasteiger partial charge in [-0.2, -0.15) is 13.2 Å². The van der Waals surface area contributed by atoms with E-state index in [9.17, 15) is 13.2 Å². The van der Waals surface area contributed by atoms with E-state index < -0.39 is 11.7 Å². The fourth-order valence-corrected chi connectivity index (χ4v) is 2.98. The molecule has 4 heteroatoms. The number of hydrogen-bond donors (Lipinski definition) is 0. The molecule has 17 heavy (non-hydrogen) atoms. The third-order valence-electron chi connectivity index (χ3n) is 4.20. The van der Waals surface area contributed by atoms with Crippen LogP contribution >= 0.6 is 0 Å². The van der Waals surface area contributed by atoms with Crippen LogP contribution in [0.4, 0.5) is 18.9 Å². The van der Waals surface area contributed by atoms with Crippen molar-refractivity contribution in [3.63, 3.8) is 0 Å². The van der Waals surface area contributed by atoms with E-state index in [1.807, 2.05) is 0 Å². The minimum absolute atomic E-state index is 0.208. The highest BCUT2D eigenvalue weighted by Crippen LogP contribution is 2.56. The fourth-order valence-electron chi connectivity index (χ4n) is 2.98. The number of benzene rings is 1. The third-order valence-corrected chi connectivity index (χ3v) is 4.20. The zero-order valence-corrected chi connectivity index (χ0v) is 9.59. The molecule has 0 N–H and O–H groups in total. The Morgan fingerprint density at radius 1 is 1.24 bits per heavy atom. The molecule has 92 valence electrons. The maximum Gasteiger partial charge on any atom is 0.416 e. The van der Waals surface area contributed by atoms with Crippen molar-refractivity contribution in [2.45, 2.75) is 31.5 Å². The zero-order chi connectivity index (χ0) is 12.3. The Balaban J connectivity index is 1.86. The van der Waals surface area contributed by atoms with Crippen molar-refractivity contribution in [2.75, 3.05) is 11.4 Å². The van der Waals surface area contributed by atoms with Gasteiger partial charge in [-0.3, -0.25) is 0 Å². The van der Waals surface area contributed by atoms with Gasteiger partial charge in [0.2, 0.25) is 0 Å². The molecule has 0 spiro atoms. The SMILES string of the molecule is C[C@@]12C[C@@H]1CCN2c1ccc(C(F)(F)F)cc1. The summed E-state index contributed by atoms with van der Waals surface area (Å²) in [4.78, 5) is 2.25. The van der Waals surface area contributed by atoms with Crippen LogP contribution in [0, 0.1) is 5.92 Å². The van der Waals surface area contributed by atoms with Gasteiger partial charge in [0.05, 0.1) is 5.56 Å². The van der Waals surface area contributed by atoms with Gasteiger partial charge in [0.15, 0.2) is 0 Å². The van der Waals surface area contributed by atoms with Crippen LogP contribution in [0.1, 0.15) is 25.3 Å². The summed E-state index contributed by atoms with van der Waals surface area (Å²) in [7, 11) is 0. The first kappa shape index (κ1) is 10.9. The van der Waals surface area contributed by atoms with Crippen LogP contribution in [0.3, 0.4) is 0 Å². The molecule has 1 nitrogen and oxygen atoms in total. The summed E-state index contributed by atoms with van der Waals surface area (Å²) in [5, 5.41) is 0. The second-order valence-electron chi connectivity index (χ2n) is 5.24. The van der Waals surface area contributed by atoms with Crippen molar-refractivity contribution < 1.29 is 13.2 Å². The number of halogens is 3. The average molecular weight is 241 g/mol. The van der Waals surface area contributed by atoms with Crippen LogP contribution in [0.2, 0.25) is 0 Å². The van der Waals surface area contributed by atoms with Crippen molar-refractivity contribution >= 4 is 5.69 Å². The molecule has 0 amide bonds. The number of nitrogens with zero attached hydrogens (tertiary/aromatic N) is 1. The molecule has 2 aliphatic rings. The van der Waals surface area contributed by atoms with Crippen LogP contribution in [-0.4, -0.2) is 12.1 Å². The van der Waals surface area contributed by atoms with Crippen molar-refractivity contribution in [1.29, 1.82) is 0 Å². The second-order valence-corrected chi connectivity index (χ2v) is 5.24. The molecule has 0 unspecified atom stereocenters. The summed E-state index contributed by atoms with van der Waals surface area (Å²) in [6, 6.07) is 5.53. The molecule has 1 aliphatic carbocycles. The molecule has 3 rings (SSSR count). The first-order valence-electron chi connectivity index (χ1n) is 5.86. The van der Waals surface area contributed by atoms with E-state index in [2.05, 4.69) is 11.8 Å². The minimum Gasteiger partial charge on any atom is -0.366 e. The van der Waals surface area contributed by atoms with E-state index in [4.69, 9.17) is 0 Å². The maximum absolute atomic E-state index is 12.4. The van der Waals surface area contributed by atoms with Gasteiger partial charge < -0.3 is 4.90 Å². The highest BCUT2D eigenvalue weighted by Gasteiger charge is 2.58. The number of anilines is 1. The van der Waals surface area contributed by atoms with Crippen LogP contribution in [0.5, 0.6) is 0 Å². The Hall–Kier alpha value is -1.19. The predicted molar refractivity (Wildman–Crippen MR) is 59.9 cm³/mol. The van der Waals surface area contributed by atoms with E-state index in [1.54, 1.807) is 12.1 Å². The molecule has 1 aliphatic heterocycles. The van der Waals surface area contributed by atoms with E-state index in [1.165, 1.54) is 18.6 Å². The summed E-state index contributed by atoms with van der Waals surface area (Å²) >= 11 is 0. The first-order chi connectivity index (χ1) is 7.91. The summed E-state index contributed by atoms with van der Waals surface area (Å²) in [5.74, 6) is 0.741. The van der Waals surface area contributed by atoms with Gasteiger partial charge in [-0.25, -0.2) is 0 Å². The Morgan fingerprint density at radius 3 is 2.29 bits per heavy atom. The molecule has 1 saturated carbocycles. The number of rotatable bonds is 1. The molecule has 1 heterocycles. The summed E-state index contributed by atoms with van der Waals surface area (Å²) in [5.41, 5.74) is 0.554. The number of hydrogen-bond acceptors (Lipinski definition) is 1. The summed E-state index contributed by atoms with van der Waals surface area (Å²) in [6.45, 7) is 3.16. The Labute approximate surface area is 98.2 Å². The minimum atomic E-state index is -4.24. The van der Waals surface area contributed by atoms with E-state index in [0.717, 1.165) is 24.6 Å². The molecule has 2 atom stereocenters. The molecule has 2 fully saturated rings. The molecular formula is C13H14F3N. The zero-order valence-electron chi connectivity index (χ0n) is 9.59. The van der Waals surface area contributed by atoms with Gasteiger partial charge in [0.1, 0.15) is 0 Å². The topological polar surface area (TPSA) is 3.24 Å². The van der Waals surface area contributed by atoms with Gasteiger partial charge in [-0.15, -0.1) is 0 Å². The van der Waals surface area contributed by atoms with Gasteiger partial charge in [0, 0.05) is 17.8 Å². The first-order valence-corrected chi connectivity index (χ1v) is 5.86. The standard InChI is InChI=1S/C13H14F3N/c1-12-8-10(12)6-7-17(12)11-4-2-9(3-5-11)13(14,15)16/h2-5,10H,6-8H2,1H3/t10-,12+/m0/s1. The van der Waals surface area contributed by atoms with Gasteiger partial charge >= 0.3 is 6.18 Å². The third kappa shape index (κ3) is 1.61. The highest BCUT2D eigenvalue weighted by atomic mass is 19.4. The van der Waals surface area contributed by atoms with Crippen LogP contribution in [0.25, 0.3) is 0 Å². The molecular weight excluding hydrogens is 227 g/mol. The quantitative estimate of drug-likeness (QED) is 0.724. The Bertz CT molecular complexity index is 435. The van der Waals surface area contributed by atoms with Crippen molar-refractivity contribution in [2.24, 2.45) is 5.92 Å². The van der Waals surface area contributed by atoms with Gasteiger partial charge in [-0.05, 0) is 49.9 Å². The molecule has 0 aromatic heterocycles. The van der Waals surface area contributed by atoms with E-state index in [0.29, 0.717) is 0 Å². The predicted octanol–water partition coefficient (Wildman–Crippen LogP) is 3.69. The van der Waals surface area contributed by atoms with E-state index >= 15 is 0 Å². The van der Waals surface area contributed by atoms with Crippen molar-refractivity contribution in [3.8, 4) is 0 Å².